The molecule has 0 aliphatic heterocycles. The van der Waals surface area contributed by atoms with E-state index in [1.807, 2.05) is 37.2 Å². The summed E-state index contributed by atoms with van der Waals surface area (Å²) in [6.45, 7) is 0. The zero-order chi connectivity index (χ0) is 13.2. The lowest BCUT2D eigenvalue weighted by molar-refractivity contribution is 0.406. The van der Waals surface area contributed by atoms with Crippen molar-refractivity contribution in [2.24, 2.45) is 7.05 Å². The van der Waals surface area contributed by atoms with Crippen LogP contribution in [0.3, 0.4) is 0 Å². The van der Waals surface area contributed by atoms with Crippen LogP contribution in [0.5, 0.6) is 0 Å². The first-order chi connectivity index (χ1) is 9.29. The first kappa shape index (κ1) is 12.4. The van der Waals surface area contributed by atoms with Crippen LogP contribution in [0.15, 0.2) is 30.6 Å². The van der Waals surface area contributed by atoms with Crippen LogP contribution in [0.25, 0.3) is 0 Å². The van der Waals surface area contributed by atoms with Gasteiger partial charge in [0.05, 0.1) is 11.7 Å². The molecule has 2 aromatic rings. The molecule has 1 N–H and O–H groups in total. The summed E-state index contributed by atoms with van der Waals surface area (Å²) in [7, 11) is 3.97. The van der Waals surface area contributed by atoms with Crippen LogP contribution in [0.4, 0.5) is 0 Å². The summed E-state index contributed by atoms with van der Waals surface area (Å²) in [5.41, 5.74) is 3.75. The second-order valence-electron chi connectivity index (χ2n) is 5.23. The fourth-order valence-corrected chi connectivity index (χ4v) is 3.12. The van der Waals surface area contributed by atoms with Gasteiger partial charge in [-0.1, -0.05) is 6.07 Å². The number of aromatic nitrogens is 3. The standard InChI is InChI=1S/C15H20N4/c1-16-15(13-8-10-19(2)18-13)12-7-3-5-11-6-4-9-17-14(11)12/h4,6,8-10,12,15-16H,3,5,7H2,1-2H3. The Kier molecular flexibility index (Phi) is 3.34. The van der Waals surface area contributed by atoms with Gasteiger partial charge in [0.25, 0.3) is 0 Å². The number of hydrogen-bond donors (Lipinski definition) is 1. The molecule has 100 valence electrons. The summed E-state index contributed by atoms with van der Waals surface area (Å²) in [5, 5.41) is 7.98. The third-order valence-corrected chi connectivity index (χ3v) is 4.00. The monoisotopic (exact) mass is 256 g/mol. The molecule has 0 spiro atoms. The zero-order valence-electron chi connectivity index (χ0n) is 11.5. The molecule has 0 amide bonds. The summed E-state index contributed by atoms with van der Waals surface area (Å²) in [5.74, 6) is 0.421. The van der Waals surface area contributed by atoms with Crippen molar-refractivity contribution in [3.63, 3.8) is 0 Å². The number of rotatable bonds is 3. The summed E-state index contributed by atoms with van der Waals surface area (Å²) in [6.07, 6.45) is 7.46. The summed E-state index contributed by atoms with van der Waals surface area (Å²) < 4.78 is 1.86. The maximum absolute atomic E-state index is 4.63. The van der Waals surface area contributed by atoms with E-state index < -0.39 is 0 Å². The fourth-order valence-electron chi connectivity index (χ4n) is 3.12. The maximum Gasteiger partial charge on any atom is 0.0800 e. The van der Waals surface area contributed by atoms with Crippen molar-refractivity contribution in [1.82, 2.24) is 20.1 Å². The van der Waals surface area contributed by atoms with Crippen molar-refractivity contribution in [2.75, 3.05) is 7.05 Å². The molecule has 0 radical (unpaired) electrons. The van der Waals surface area contributed by atoms with Crippen molar-refractivity contribution >= 4 is 0 Å². The lowest BCUT2D eigenvalue weighted by atomic mass is 9.81. The number of nitrogens with one attached hydrogen (secondary N) is 1. The number of pyridine rings is 1. The molecule has 2 atom stereocenters. The normalized spacial score (nSPS) is 20.0. The quantitative estimate of drug-likeness (QED) is 0.915. The van der Waals surface area contributed by atoms with E-state index in [9.17, 15) is 0 Å². The van der Waals surface area contributed by atoms with E-state index in [-0.39, 0.29) is 6.04 Å². The molecule has 4 heteroatoms. The Balaban J connectivity index is 1.97. The SMILES string of the molecule is CNC(c1ccn(C)n1)C1CCCc2cccnc21. The molecule has 0 fully saturated rings. The predicted octanol–water partition coefficient (Wildman–Crippen LogP) is 2.20. The van der Waals surface area contributed by atoms with Gasteiger partial charge in [0, 0.05) is 31.1 Å². The van der Waals surface area contributed by atoms with E-state index >= 15 is 0 Å². The van der Waals surface area contributed by atoms with Crippen LogP contribution in [0.2, 0.25) is 0 Å². The molecule has 2 aromatic heterocycles. The number of likely N-dealkylation sites (N-methyl/N-ethyl adjacent to an activating group) is 1. The smallest absolute Gasteiger partial charge is 0.0800 e. The first-order valence-electron chi connectivity index (χ1n) is 6.90. The van der Waals surface area contributed by atoms with E-state index in [0.717, 1.165) is 12.1 Å². The van der Waals surface area contributed by atoms with E-state index in [0.29, 0.717) is 5.92 Å². The molecule has 19 heavy (non-hydrogen) atoms. The molecule has 1 aliphatic rings. The highest BCUT2D eigenvalue weighted by molar-refractivity contribution is 5.29. The molecule has 3 rings (SSSR count). The van der Waals surface area contributed by atoms with Gasteiger partial charge in [-0.15, -0.1) is 0 Å². The Morgan fingerprint density at radius 1 is 1.42 bits per heavy atom. The molecule has 1 aliphatic carbocycles. The minimum Gasteiger partial charge on any atom is -0.311 e. The van der Waals surface area contributed by atoms with Crippen LogP contribution < -0.4 is 5.32 Å². The van der Waals surface area contributed by atoms with Gasteiger partial charge in [-0.2, -0.15) is 5.10 Å². The third-order valence-electron chi connectivity index (χ3n) is 4.00. The Labute approximate surface area is 113 Å². The molecular weight excluding hydrogens is 236 g/mol. The Hall–Kier alpha value is -1.68. The van der Waals surface area contributed by atoms with Crippen LogP contribution in [0, 0.1) is 0 Å². The second-order valence-corrected chi connectivity index (χ2v) is 5.23. The van der Waals surface area contributed by atoms with Crippen LogP contribution in [-0.2, 0) is 13.5 Å². The highest BCUT2D eigenvalue weighted by Crippen LogP contribution is 2.38. The van der Waals surface area contributed by atoms with Gasteiger partial charge in [0.15, 0.2) is 0 Å². The van der Waals surface area contributed by atoms with E-state index in [1.165, 1.54) is 24.1 Å². The first-order valence-corrected chi connectivity index (χ1v) is 6.90. The minimum absolute atomic E-state index is 0.246. The lowest BCUT2D eigenvalue weighted by Crippen LogP contribution is -2.28. The molecule has 0 saturated heterocycles. The number of fused-ring (bicyclic) bond motifs is 1. The van der Waals surface area contributed by atoms with E-state index in [4.69, 9.17) is 0 Å². The van der Waals surface area contributed by atoms with Crippen molar-refractivity contribution in [3.8, 4) is 0 Å². The molecule has 0 saturated carbocycles. The van der Waals surface area contributed by atoms with Crippen molar-refractivity contribution in [2.45, 2.75) is 31.2 Å². The number of hydrogen-bond acceptors (Lipinski definition) is 3. The Morgan fingerprint density at radius 2 is 2.32 bits per heavy atom. The van der Waals surface area contributed by atoms with Crippen LogP contribution in [-0.4, -0.2) is 21.8 Å². The van der Waals surface area contributed by atoms with E-state index in [2.05, 4.69) is 27.5 Å². The summed E-state index contributed by atoms with van der Waals surface area (Å²) in [4.78, 5) is 4.63. The van der Waals surface area contributed by atoms with Gasteiger partial charge in [-0.25, -0.2) is 0 Å². The van der Waals surface area contributed by atoms with Crippen molar-refractivity contribution in [1.29, 1.82) is 0 Å². The topological polar surface area (TPSA) is 42.7 Å². The van der Waals surface area contributed by atoms with Gasteiger partial charge in [0.1, 0.15) is 0 Å². The molecule has 4 nitrogen and oxygen atoms in total. The molecule has 0 bridgehead atoms. The second kappa shape index (κ2) is 5.13. The third kappa shape index (κ3) is 2.28. The highest BCUT2D eigenvalue weighted by atomic mass is 15.3. The van der Waals surface area contributed by atoms with Gasteiger partial charge in [0.2, 0.25) is 0 Å². The zero-order valence-corrected chi connectivity index (χ0v) is 11.5. The summed E-state index contributed by atoms with van der Waals surface area (Å²) >= 11 is 0. The number of nitrogens with zero attached hydrogens (tertiary/aromatic N) is 3. The van der Waals surface area contributed by atoms with Crippen LogP contribution >= 0.6 is 0 Å². The van der Waals surface area contributed by atoms with Crippen molar-refractivity contribution in [3.05, 3.63) is 47.5 Å². The average molecular weight is 256 g/mol. The molecular formula is C15H20N4. The Morgan fingerprint density at radius 3 is 3.05 bits per heavy atom. The largest absolute Gasteiger partial charge is 0.311 e. The minimum atomic E-state index is 0.246. The predicted molar refractivity (Wildman–Crippen MR) is 74.9 cm³/mol. The average Bonchev–Trinajstić information content (AvgIpc) is 2.86. The van der Waals surface area contributed by atoms with E-state index in [1.54, 1.807) is 0 Å². The molecule has 2 unspecified atom stereocenters. The fraction of sp³-hybridized carbons (Fsp3) is 0.467. The Bertz CT molecular complexity index is 561. The molecule has 0 aromatic carbocycles. The maximum atomic E-state index is 4.63. The van der Waals surface area contributed by atoms with Crippen molar-refractivity contribution < 1.29 is 0 Å². The highest BCUT2D eigenvalue weighted by Gasteiger charge is 2.30. The van der Waals surface area contributed by atoms with Crippen LogP contribution in [0.1, 0.15) is 41.8 Å². The molecule has 2 heterocycles. The van der Waals surface area contributed by atoms with Gasteiger partial charge in [-0.3, -0.25) is 9.67 Å². The van der Waals surface area contributed by atoms with Gasteiger partial charge >= 0.3 is 0 Å². The summed E-state index contributed by atoms with van der Waals surface area (Å²) in [6, 6.07) is 6.59. The lowest BCUT2D eigenvalue weighted by Gasteiger charge is -2.30. The number of aryl methyl sites for hydroxylation is 2. The van der Waals surface area contributed by atoms with Gasteiger partial charge in [-0.05, 0) is 44.0 Å². The van der Waals surface area contributed by atoms with Gasteiger partial charge < -0.3 is 5.32 Å².